The molecule has 1 aromatic carbocycles. The number of nitrogens with zero attached hydrogens (tertiary/aromatic N) is 2. The molecule has 1 aromatic heterocycles. The number of H-pyrrole nitrogens is 1. The second-order valence-electron chi connectivity index (χ2n) is 6.63. The number of phenols is 1. The van der Waals surface area contributed by atoms with Crippen molar-refractivity contribution in [2.24, 2.45) is 7.05 Å². The van der Waals surface area contributed by atoms with Gasteiger partial charge >= 0.3 is 5.69 Å². The van der Waals surface area contributed by atoms with Gasteiger partial charge in [0.05, 0.1) is 0 Å². The van der Waals surface area contributed by atoms with Gasteiger partial charge in [-0.1, -0.05) is 12.1 Å². The van der Waals surface area contributed by atoms with Gasteiger partial charge in [0.1, 0.15) is 11.3 Å². The van der Waals surface area contributed by atoms with Gasteiger partial charge in [0.15, 0.2) is 0 Å². The van der Waals surface area contributed by atoms with E-state index in [0.29, 0.717) is 13.1 Å². The van der Waals surface area contributed by atoms with Gasteiger partial charge in [-0.05, 0) is 37.1 Å². The van der Waals surface area contributed by atoms with Crippen LogP contribution in [0.5, 0.6) is 5.75 Å². The topological polar surface area (TPSA) is 107 Å². The number of benzene rings is 1. The SMILES string of the molecule is Cn1cc(C(=O)N[C@H]2CCCN(Cc3cccc(O)c3)C2)c(=O)[nH]c1=O. The molecule has 3 rings (SSSR count). The van der Waals surface area contributed by atoms with Crippen molar-refractivity contribution in [3.8, 4) is 5.75 Å². The first kappa shape index (κ1) is 17.9. The number of carbonyl (C=O) groups is 1. The lowest BCUT2D eigenvalue weighted by atomic mass is 10.0. The Bertz CT molecular complexity index is 918. The Kier molecular flexibility index (Phi) is 5.22. The Balaban J connectivity index is 1.65. The van der Waals surface area contributed by atoms with Crippen LogP contribution in [0.15, 0.2) is 40.1 Å². The van der Waals surface area contributed by atoms with Crippen LogP contribution in [-0.4, -0.2) is 44.6 Å². The molecule has 0 radical (unpaired) electrons. The minimum atomic E-state index is -0.682. The second kappa shape index (κ2) is 7.57. The number of aromatic nitrogens is 2. The number of hydrogen-bond donors (Lipinski definition) is 3. The van der Waals surface area contributed by atoms with E-state index in [-0.39, 0.29) is 17.4 Å². The molecule has 8 heteroatoms. The largest absolute Gasteiger partial charge is 0.508 e. The number of hydrogen-bond acceptors (Lipinski definition) is 5. The number of aryl methyl sites for hydroxylation is 1. The highest BCUT2D eigenvalue weighted by Crippen LogP contribution is 2.17. The van der Waals surface area contributed by atoms with Crippen LogP contribution in [0.2, 0.25) is 0 Å². The van der Waals surface area contributed by atoms with Crippen LogP contribution >= 0.6 is 0 Å². The van der Waals surface area contributed by atoms with Crippen molar-refractivity contribution in [3.05, 3.63) is 62.4 Å². The normalized spacial score (nSPS) is 17.8. The molecule has 1 amide bonds. The lowest BCUT2D eigenvalue weighted by Gasteiger charge is -2.33. The van der Waals surface area contributed by atoms with Crippen molar-refractivity contribution in [3.63, 3.8) is 0 Å². The predicted octanol–water partition coefficient (Wildman–Crippen LogP) is 0.174. The molecule has 2 heterocycles. The Morgan fingerprint density at radius 2 is 2.19 bits per heavy atom. The highest BCUT2D eigenvalue weighted by molar-refractivity contribution is 5.93. The van der Waals surface area contributed by atoms with Crippen molar-refractivity contribution < 1.29 is 9.90 Å². The van der Waals surface area contributed by atoms with Crippen molar-refractivity contribution >= 4 is 5.91 Å². The first-order chi connectivity index (χ1) is 12.4. The molecule has 0 spiro atoms. The number of rotatable bonds is 4. The number of amides is 1. The van der Waals surface area contributed by atoms with E-state index in [2.05, 4.69) is 15.2 Å². The fraction of sp³-hybridized carbons (Fsp3) is 0.389. The Morgan fingerprint density at radius 1 is 1.38 bits per heavy atom. The van der Waals surface area contributed by atoms with E-state index < -0.39 is 17.2 Å². The van der Waals surface area contributed by atoms with E-state index in [1.165, 1.54) is 17.8 Å². The van der Waals surface area contributed by atoms with Crippen molar-refractivity contribution in [1.29, 1.82) is 0 Å². The van der Waals surface area contributed by atoms with Gasteiger partial charge < -0.3 is 15.0 Å². The highest BCUT2D eigenvalue weighted by Gasteiger charge is 2.23. The van der Waals surface area contributed by atoms with Crippen molar-refractivity contribution in [2.45, 2.75) is 25.4 Å². The van der Waals surface area contributed by atoms with Crippen LogP contribution < -0.4 is 16.6 Å². The summed E-state index contributed by atoms with van der Waals surface area (Å²) in [7, 11) is 1.48. The van der Waals surface area contributed by atoms with Gasteiger partial charge in [0, 0.05) is 32.4 Å². The summed E-state index contributed by atoms with van der Waals surface area (Å²) in [6.45, 7) is 2.24. The maximum Gasteiger partial charge on any atom is 0.328 e. The summed E-state index contributed by atoms with van der Waals surface area (Å²) in [5, 5.41) is 12.5. The van der Waals surface area contributed by atoms with E-state index in [1.807, 2.05) is 6.07 Å². The van der Waals surface area contributed by atoms with Gasteiger partial charge in [-0.2, -0.15) is 0 Å². The summed E-state index contributed by atoms with van der Waals surface area (Å²) >= 11 is 0. The Morgan fingerprint density at radius 3 is 2.96 bits per heavy atom. The standard InChI is InChI=1S/C18H22N4O4/c1-21-11-15(17(25)20-18(21)26)16(24)19-13-5-3-7-22(10-13)9-12-4-2-6-14(23)8-12/h2,4,6,8,11,13,23H,3,5,7,9-10H2,1H3,(H,19,24)(H,20,25,26)/t13-/m0/s1. The quantitative estimate of drug-likeness (QED) is 0.722. The van der Waals surface area contributed by atoms with E-state index in [4.69, 9.17) is 0 Å². The minimum absolute atomic E-state index is 0.0720. The number of carbonyl (C=O) groups excluding carboxylic acids is 1. The molecule has 0 aliphatic carbocycles. The molecule has 26 heavy (non-hydrogen) atoms. The van der Waals surface area contributed by atoms with Crippen molar-refractivity contribution in [2.75, 3.05) is 13.1 Å². The van der Waals surface area contributed by atoms with Gasteiger partial charge in [-0.25, -0.2) is 4.79 Å². The molecular weight excluding hydrogens is 336 g/mol. The summed E-state index contributed by atoms with van der Waals surface area (Å²) < 4.78 is 1.17. The van der Waals surface area contributed by atoms with Gasteiger partial charge in [-0.3, -0.25) is 19.5 Å². The van der Waals surface area contributed by atoms with Crippen LogP contribution in [0.25, 0.3) is 0 Å². The zero-order valence-electron chi connectivity index (χ0n) is 14.6. The summed E-state index contributed by atoms with van der Waals surface area (Å²) in [4.78, 5) is 40.0. The van der Waals surface area contributed by atoms with E-state index in [1.54, 1.807) is 18.2 Å². The molecule has 2 aromatic rings. The lowest BCUT2D eigenvalue weighted by molar-refractivity contribution is 0.0898. The third kappa shape index (κ3) is 4.20. The van der Waals surface area contributed by atoms with Crippen molar-refractivity contribution in [1.82, 2.24) is 19.8 Å². The van der Waals surface area contributed by atoms with E-state index in [0.717, 1.165) is 24.9 Å². The first-order valence-electron chi connectivity index (χ1n) is 8.53. The molecule has 138 valence electrons. The predicted molar refractivity (Wildman–Crippen MR) is 96.2 cm³/mol. The molecule has 1 fully saturated rings. The Hall–Kier alpha value is -2.87. The average Bonchev–Trinajstić information content (AvgIpc) is 2.58. The van der Waals surface area contributed by atoms with E-state index >= 15 is 0 Å². The average molecular weight is 358 g/mol. The van der Waals surface area contributed by atoms with Gasteiger partial charge in [0.2, 0.25) is 0 Å². The summed E-state index contributed by atoms with van der Waals surface area (Å²) in [5.41, 5.74) is -0.303. The maximum absolute atomic E-state index is 12.4. The zero-order valence-corrected chi connectivity index (χ0v) is 14.6. The minimum Gasteiger partial charge on any atom is -0.508 e. The third-order valence-corrected chi connectivity index (χ3v) is 4.51. The van der Waals surface area contributed by atoms with Crippen LogP contribution in [0.4, 0.5) is 0 Å². The number of aromatic hydroxyl groups is 1. The molecule has 1 atom stereocenters. The fourth-order valence-electron chi connectivity index (χ4n) is 3.22. The molecule has 3 N–H and O–H groups in total. The van der Waals surface area contributed by atoms with Gasteiger partial charge in [-0.15, -0.1) is 0 Å². The molecule has 1 aliphatic rings. The maximum atomic E-state index is 12.4. The number of aromatic amines is 1. The summed E-state index contributed by atoms with van der Waals surface area (Å²) in [5.74, 6) is -0.246. The molecule has 8 nitrogen and oxygen atoms in total. The number of phenolic OH excluding ortho intramolecular Hbond substituents is 1. The molecule has 1 saturated heterocycles. The second-order valence-corrected chi connectivity index (χ2v) is 6.63. The highest BCUT2D eigenvalue weighted by atomic mass is 16.3. The van der Waals surface area contributed by atoms with E-state index in [9.17, 15) is 19.5 Å². The monoisotopic (exact) mass is 358 g/mol. The summed E-state index contributed by atoms with van der Waals surface area (Å²) in [6, 6.07) is 7.04. The number of piperidine rings is 1. The smallest absolute Gasteiger partial charge is 0.328 e. The zero-order chi connectivity index (χ0) is 18.7. The van der Waals surface area contributed by atoms with Crippen LogP contribution in [0, 0.1) is 0 Å². The summed E-state index contributed by atoms with van der Waals surface area (Å²) in [6.07, 6.45) is 3.00. The number of likely N-dealkylation sites (tertiary alicyclic amines) is 1. The molecule has 0 unspecified atom stereocenters. The molecule has 0 saturated carbocycles. The number of nitrogens with one attached hydrogen (secondary N) is 2. The van der Waals surface area contributed by atoms with Crippen LogP contribution in [-0.2, 0) is 13.6 Å². The molecule has 1 aliphatic heterocycles. The molecule has 0 bridgehead atoms. The van der Waals surface area contributed by atoms with Crippen LogP contribution in [0.1, 0.15) is 28.8 Å². The fourth-order valence-corrected chi connectivity index (χ4v) is 3.22. The first-order valence-corrected chi connectivity index (χ1v) is 8.53. The molecular formula is C18H22N4O4. The Labute approximate surface area is 150 Å². The van der Waals surface area contributed by atoms with Gasteiger partial charge in [0.25, 0.3) is 11.5 Å². The third-order valence-electron chi connectivity index (χ3n) is 4.51. The van der Waals surface area contributed by atoms with Crippen LogP contribution in [0.3, 0.4) is 0 Å². The lowest BCUT2D eigenvalue weighted by Crippen LogP contribution is -2.48.